The molecule has 0 atom stereocenters. The number of carbonyl (C=O) groups excluding carboxylic acids is 1. The fourth-order valence-electron chi connectivity index (χ4n) is 2.33. The summed E-state index contributed by atoms with van der Waals surface area (Å²) in [5.74, 6) is -0.142. The summed E-state index contributed by atoms with van der Waals surface area (Å²) in [5, 5.41) is 3.45. The van der Waals surface area contributed by atoms with Gasteiger partial charge in [-0.25, -0.2) is 4.98 Å². The zero-order valence-electron chi connectivity index (χ0n) is 13.0. The third kappa shape index (κ3) is 2.72. The molecule has 2 aromatic heterocycles. The lowest BCUT2D eigenvalue weighted by Crippen LogP contribution is -2.11. The molecule has 22 heavy (non-hydrogen) atoms. The van der Waals surface area contributed by atoms with Gasteiger partial charge in [-0.2, -0.15) is 4.98 Å². The number of aryl methyl sites for hydroxylation is 4. The maximum Gasteiger partial charge on any atom is 0.257 e. The smallest absolute Gasteiger partial charge is 0.257 e. The van der Waals surface area contributed by atoms with Crippen LogP contribution in [0.5, 0.6) is 0 Å². The molecule has 0 aliphatic heterocycles. The van der Waals surface area contributed by atoms with Gasteiger partial charge in [0.25, 0.3) is 5.91 Å². The number of anilines is 1. The molecule has 1 amide bonds. The Hall–Kier alpha value is -2.27. The van der Waals surface area contributed by atoms with Crippen LogP contribution < -0.4 is 5.32 Å². The molecule has 2 heterocycles. The Labute approximate surface area is 133 Å². The largest absolute Gasteiger partial charge is 0.298 e. The van der Waals surface area contributed by atoms with Crippen molar-refractivity contribution in [1.82, 2.24) is 9.97 Å². The highest BCUT2D eigenvalue weighted by atomic mass is 32.1. The summed E-state index contributed by atoms with van der Waals surface area (Å²) < 4.78 is 1.01. The normalized spacial score (nSPS) is 10.9. The Bertz CT molecular complexity index is 883. The second-order valence-electron chi connectivity index (χ2n) is 5.51. The molecule has 3 aromatic rings. The number of fused-ring (bicyclic) bond motifs is 1. The fraction of sp³-hybridized carbons (Fsp3) is 0.235. The first-order valence-electron chi connectivity index (χ1n) is 7.07. The van der Waals surface area contributed by atoms with Crippen LogP contribution in [0.3, 0.4) is 0 Å². The van der Waals surface area contributed by atoms with Crippen LogP contribution >= 0.6 is 11.3 Å². The van der Waals surface area contributed by atoms with Crippen molar-refractivity contribution in [2.75, 3.05) is 5.32 Å². The topological polar surface area (TPSA) is 54.9 Å². The molecule has 0 aliphatic carbocycles. The van der Waals surface area contributed by atoms with E-state index in [-0.39, 0.29) is 5.91 Å². The molecule has 0 saturated carbocycles. The molecule has 0 radical (unpaired) electrons. The molecule has 1 N–H and O–H groups in total. The van der Waals surface area contributed by atoms with Gasteiger partial charge in [-0.15, -0.1) is 0 Å². The molecular formula is C17H17N3OS. The second-order valence-corrected chi connectivity index (χ2v) is 6.50. The number of pyridine rings is 1. The minimum absolute atomic E-state index is 0.142. The van der Waals surface area contributed by atoms with Crippen molar-refractivity contribution in [2.24, 2.45) is 0 Å². The van der Waals surface area contributed by atoms with Gasteiger partial charge in [0.05, 0.1) is 4.70 Å². The number of carbonyl (C=O) groups is 1. The van der Waals surface area contributed by atoms with E-state index >= 15 is 0 Å². The molecule has 0 fully saturated rings. The molecular weight excluding hydrogens is 294 g/mol. The van der Waals surface area contributed by atoms with E-state index in [4.69, 9.17) is 0 Å². The van der Waals surface area contributed by atoms with Crippen LogP contribution in [-0.4, -0.2) is 15.9 Å². The van der Waals surface area contributed by atoms with E-state index in [1.165, 1.54) is 16.9 Å². The minimum atomic E-state index is -0.142. The molecule has 0 bridgehead atoms. The third-order valence-corrected chi connectivity index (χ3v) is 4.76. The first-order valence-corrected chi connectivity index (χ1v) is 7.89. The van der Waals surface area contributed by atoms with Crippen LogP contribution in [0.1, 0.15) is 32.7 Å². The Morgan fingerprint density at radius 3 is 2.50 bits per heavy atom. The maximum absolute atomic E-state index is 12.3. The fourth-order valence-corrected chi connectivity index (χ4v) is 3.20. The van der Waals surface area contributed by atoms with Gasteiger partial charge in [-0.3, -0.25) is 10.1 Å². The van der Waals surface area contributed by atoms with Crippen LogP contribution in [-0.2, 0) is 0 Å². The first-order chi connectivity index (χ1) is 10.4. The highest BCUT2D eigenvalue weighted by Crippen LogP contribution is 2.28. The van der Waals surface area contributed by atoms with Crippen molar-refractivity contribution >= 4 is 32.7 Å². The number of nitrogens with zero attached hydrogens (tertiary/aromatic N) is 2. The summed E-state index contributed by atoms with van der Waals surface area (Å²) in [4.78, 5) is 21.2. The molecule has 0 spiro atoms. The Balaban J connectivity index is 1.90. The summed E-state index contributed by atoms with van der Waals surface area (Å²) in [7, 11) is 0. The number of rotatable bonds is 2. The van der Waals surface area contributed by atoms with E-state index in [9.17, 15) is 4.79 Å². The van der Waals surface area contributed by atoms with E-state index in [0.717, 1.165) is 21.5 Å². The third-order valence-electron chi connectivity index (χ3n) is 3.66. The quantitative estimate of drug-likeness (QED) is 0.772. The van der Waals surface area contributed by atoms with Gasteiger partial charge in [0, 0.05) is 11.3 Å². The van der Waals surface area contributed by atoms with Crippen molar-refractivity contribution in [3.05, 3.63) is 52.2 Å². The summed E-state index contributed by atoms with van der Waals surface area (Å²) in [6.07, 6.45) is 0. The monoisotopic (exact) mass is 311 g/mol. The predicted molar refractivity (Wildman–Crippen MR) is 90.8 cm³/mol. The van der Waals surface area contributed by atoms with Crippen LogP contribution in [0, 0.1) is 27.7 Å². The molecule has 0 unspecified atom stereocenters. The number of benzene rings is 1. The van der Waals surface area contributed by atoms with Gasteiger partial charge < -0.3 is 0 Å². The zero-order valence-corrected chi connectivity index (χ0v) is 13.8. The zero-order chi connectivity index (χ0) is 15.9. The molecule has 112 valence electrons. The van der Waals surface area contributed by atoms with Crippen molar-refractivity contribution in [2.45, 2.75) is 27.7 Å². The van der Waals surface area contributed by atoms with Gasteiger partial charge in [-0.1, -0.05) is 17.4 Å². The van der Waals surface area contributed by atoms with E-state index in [1.54, 1.807) is 0 Å². The molecule has 0 saturated heterocycles. The van der Waals surface area contributed by atoms with Gasteiger partial charge in [0.2, 0.25) is 0 Å². The lowest BCUT2D eigenvalue weighted by molar-refractivity contribution is 0.102. The number of nitrogens with one attached hydrogen (secondary N) is 1. The number of amides is 1. The number of thiazole rings is 1. The highest BCUT2D eigenvalue weighted by Gasteiger charge is 2.12. The summed E-state index contributed by atoms with van der Waals surface area (Å²) in [6, 6.07) is 7.71. The van der Waals surface area contributed by atoms with Gasteiger partial charge in [0.1, 0.15) is 0 Å². The summed E-state index contributed by atoms with van der Waals surface area (Å²) in [5.41, 5.74) is 5.67. The average molecular weight is 311 g/mol. The van der Waals surface area contributed by atoms with Crippen LogP contribution in [0.4, 0.5) is 5.13 Å². The Morgan fingerprint density at radius 1 is 1.00 bits per heavy atom. The second kappa shape index (κ2) is 5.50. The summed E-state index contributed by atoms with van der Waals surface area (Å²) >= 11 is 1.46. The van der Waals surface area contributed by atoms with Gasteiger partial charge in [0.15, 0.2) is 10.8 Å². The Kier molecular flexibility index (Phi) is 3.66. The van der Waals surface area contributed by atoms with Crippen molar-refractivity contribution < 1.29 is 4.79 Å². The number of hydrogen-bond acceptors (Lipinski definition) is 4. The molecule has 1 aromatic carbocycles. The molecule has 0 aliphatic rings. The molecule has 4 nitrogen and oxygen atoms in total. The van der Waals surface area contributed by atoms with Crippen molar-refractivity contribution in [1.29, 1.82) is 0 Å². The van der Waals surface area contributed by atoms with Crippen LogP contribution in [0.15, 0.2) is 24.3 Å². The molecule has 3 rings (SSSR count). The molecule has 5 heteroatoms. The number of aromatic nitrogens is 2. The Morgan fingerprint density at radius 2 is 1.77 bits per heavy atom. The average Bonchev–Trinajstić information content (AvgIpc) is 2.84. The standard InChI is InChI=1S/C17H17N3OS/c1-9-5-6-13(8-10(9)2)16(21)20-17-19-15-14(22-17)11(3)7-12(4)18-15/h5-8H,1-4H3,(H,18,19,20,21). The minimum Gasteiger partial charge on any atom is -0.298 e. The van der Waals surface area contributed by atoms with Crippen LogP contribution in [0.2, 0.25) is 0 Å². The van der Waals surface area contributed by atoms with Gasteiger partial charge in [-0.05, 0) is 62.6 Å². The van der Waals surface area contributed by atoms with E-state index in [1.807, 2.05) is 52.0 Å². The van der Waals surface area contributed by atoms with Gasteiger partial charge >= 0.3 is 0 Å². The first kappa shape index (κ1) is 14.7. The van der Waals surface area contributed by atoms with E-state index < -0.39 is 0 Å². The van der Waals surface area contributed by atoms with Crippen molar-refractivity contribution in [3.8, 4) is 0 Å². The lowest BCUT2D eigenvalue weighted by Gasteiger charge is -2.04. The SMILES string of the molecule is Cc1cc(C)c2sc(NC(=O)c3ccc(C)c(C)c3)nc2n1. The lowest BCUT2D eigenvalue weighted by atomic mass is 10.1. The number of hydrogen-bond donors (Lipinski definition) is 1. The predicted octanol–water partition coefficient (Wildman–Crippen LogP) is 4.18. The maximum atomic E-state index is 12.3. The highest BCUT2D eigenvalue weighted by molar-refractivity contribution is 7.22. The van der Waals surface area contributed by atoms with E-state index in [2.05, 4.69) is 15.3 Å². The van der Waals surface area contributed by atoms with Crippen LogP contribution in [0.25, 0.3) is 10.3 Å². The summed E-state index contributed by atoms with van der Waals surface area (Å²) in [6.45, 7) is 8.00. The van der Waals surface area contributed by atoms with Crippen molar-refractivity contribution in [3.63, 3.8) is 0 Å². The van der Waals surface area contributed by atoms with E-state index in [0.29, 0.717) is 16.3 Å².